The molecule has 0 atom stereocenters. The lowest BCUT2D eigenvalue weighted by molar-refractivity contribution is -0.114. The van der Waals surface area contributed by atoms with Crippen LogP contribution in [0.1, 0.15) is 24.0 Å². The van der Waals surface area contributed by atoms with Gasteiger partial charge in [0.1, 0.15) is 6.61 Å². The molecule has 2 aliphatic heterocycles. The summed E-state index contributed by atoms with van der Waals surface area (Å²) in [5.74, 6) is 2.52. The van der Waals surface area contributed by atoms with Crippen molar-refractivity contribution in [2.24, 2.45) is 0 Å². The van der Waals surface area contributed by atoms with E-state index in [9.17, 15) is 4.79 Å². The van der Waals surface area contributed by atoms with Crippen LogP contribution < -0.4 is 23.8 Å². The molecule has 0 bridgehead atoms. The van der Waals surface area contributed by atoms with E-state index < -0.39 is 0 Å². The van der Waals surface area contributed by atoms with Crippen LogP contribution in [0.2, 0.25) is 0 Å². The maximum Gasteiger partial charge on any atom is 0.251 e. The molecule has 0 radical (unpaired) electrons. The van der Waals surface area contributed by atoms with Crippen LogP contribution in [0.5, 0.6) is 23.0 Å². The molecule has 7 nitrogen and oxygen atoms in total. The quantitative estimate of drug-likeness (QED) is 0.443. The van der Waals surface area contributed by atoms with Gasteiger partial charge in [0.25, 0.3) is 5.91 Å². The molecule has 4 rings (SSSR count). The summed E-state index contributed by atoms with van der Waals surface area (Å²) in [4.78, 5) is 17.3. The standard InChI is InChI=1S/C26H31BrN2O5/c1-31-22-14-18(20(27)16-24(22)33-3)6-7-26(30)29-11-8-19-15-23(32-2)25(17-21(19)29)34-13-12-28-9-4-5-10-28/h6-7,14-17H,4-5,8-13H2,1-3H3/b7-6+. The van der Waals surface area contributed by atoms with Crippen molar-refractivity contribution >= 4 is 33.6 Å². The van der Waals surface area contributed by atoms with Crippen molar-refractivity contribution in [2.75, 3.05) is 59.0 Å². The molecule has 1 saturated heterocycles. The third kappa shape index (κ3) is 5.33. The molecule has 0 saturated carbocycles. The van der Waals surface area contributed by atoms with Crippen molar-refractivity contribution in [2.45, 2.75) is 19.3 Å². The highest BCUT2D eigenvalue weighted by atomic mass is 79.9. The van der Waals surface area contributed by atoms with Gasteiger partial charge in [0.05, 0.1) is 27.0 Å². The molecule has 0 N–H and O–H groups in total. The van der Waals surface area contributed by atoms with E-state index in [0.717, 1.165) is 47.3 Å². The molecule has 2 aromatic rings. The Labute approximate surface area is 209 Å². The number of rotatable bonds is 9. The molecule has 2 aromatic carbocycles. The Balaban J connectivity index is 1.49. The fourth-order valence-corrected chi connectivity index (χ4v) is 4.89. The zero-order chi connectivity index (χ0) is 24.1. The lowest BCUT2D eigenvalue weighted by Crippen LogP contribution is -2.27. The van der Waals surface area contributed by atoms with Gasteiger partial charge in [-0.2, -0.15) is 0 Å². The number of ether oxygens (including phenoxy) is 4. The second kappa shape index (κ2) is 11.1. The van der Waals surface area contributed by atoms with Gasteiger partial charge in [-0.25, -0.2) is 0 Å². The summed E-state index contributed by atoms with van der Waals surface area (Å²) in [5.41, 5.74) is 2.78. The van der Waals surface area contributed by atoms with Crippen molar-refractivity contribution in [3.8, 4) is 23.0 Å². The van der Waals surface area contributed by atoms with E-state index in [4.69, 9.17) is 18.9 Å². The van der Waals surface area contributed by atoms with Gasteiger partial charge in [-0.1, -0.05) is 15.9 Å². The summed E-state index contributed by atoms with van der Waals surface area (Å²) in [6.07, 6.45) is 6.65. The molecule has 8 heteroatoms. The Bertz CT molecular complexity index is 1070. The Kier molecular flexibility index (Phi) is 8.00. The molecular formula is C26H31BrN2O5. The van der Waals surface area contributed by atoms with Gasteiger partial charge in [0, 0.05) is 29.7 Å². The molecule has 2 heterocycles. The number of hydrogen-bond donors (Lipinski definition) is 0. The molecule has 0 spiro atoms. The minimum Gasteiger partial charge on any atom is -0.493 e. The normalized spacial score (nSPS) is 15.6. The molecular weight excluding hydrogens is 500 g/mol. The average Bonchev–Trinajstić information content (AvgIpc) is 3.52. The molecule has 1 fully saturated rings. The summed E-state index contributed by atoms with van der Waals surface area (Å²) in [5, 5.41) is 0. The second-order valence-electron chi connectivity index (χ2n) is 8.33. The van der Waals surface area contributed by atoms with Crippen LogP contribution in [-0.2, 0) is 11.2 Å². The van der Waals surface area contributed by atoms with Gasteiger partial charge in [-0.3, -0.25) is 9.69 Å². The van der Waals surface area contributed by atoms with E-state index in [1.54, 1.807) is 38.4 Å². The summed E-state index contributed by atoms with van der Waals surface area (Å²) in [7, 11) is 4.83. The predicted octanol–water partition coefficient (Wildman–Crippen LogP) is 4.55. The molecule has 1 amide bonds. The molecule has 0 aromatic heterocycles. The lowest BCUT2D eigenvalue weighted by atomic mass is 10.1. The molecule has 0 aliphatic carbocycles. The number of methoxy groups -OCH3 is 3. The average molecular weight is 531 g/mol. The molecule has 0 unspecified atom stereocenters. The first-order chi connectivity index (χ1) is 16.5. The number of anilines is 1. The van der Waals surface area contributed by atoms with Gasteiger partial charge in [-0.05, 0) is 67.8 Å². The third-order valence-electron chi connectivity index (χ3n) is 6.30. The summed E-state index contributed by atoms with van der Waals surface area (Å²) in [6.45, 7) is 4.37. The highest BCUT2D eigenvalue weighted by molar-refractivity contribution is 9.10. The largest absolute Gasteiger partial charge is 0.493 e. The van der Waals surface area contributed by atoms with Gasteiger partial charge in [0.15, 0.2) is 23.0 Å². The van der Waals surface area contributed by atoms with Crippen LogP contribution in [0.3, 0.4) is 0 Å². The summed E-state index contributed by atoms with van der Waals surface area (Å²) in [6, 6.07) is 7.58. The molecule has 2 aliphatic rings. The fourth-order valence-electron chi connectivity index (χ4n) is 4.44. The first-order valence-corrected chi connectivity index (χ1v) is 12.3. The zero-order valence-electron chi connectivity index (χ0n) is 19.9. The van der Waals surface area contributed by atoms with Crippen molar-refractivity contribution in [1.29, 1.82) is 0 Å². The predicted molar refractivity (Wildman–Crippen MR) is 136 cm³/mol. The number of fused-ring (bicyclic) bond motifs is 1. The fraction of sp³-hybridized carbons (Fsp3) is 0.423. The third-order valence-corrected chi connectivity index (χ3v) is 6.99. The number of benzene rings is 2. The number of carbonyl (C=O) groups is 1. The molecule has 182 valence electrons. The minimum absolute atomic E-state index is 0.0892. The summed E-state index contributed by atoms with van der Waals surface area (Å²) >= 11 is 3.54. The van der Waals surface area contributed by atoms with Crippen molar-refractivity contribution in [1.82, 2.24) is 4.90 Å². The Morgan fingerprint density at radius 1 is 0.941 bits per heavy atom. The SMILES string of the molecule is COc1cc(Br)c(/C=C/C(=O)N2CCc3cc(OC)c(OCCN4CCCC4)cc32)cc1OC. The van der Waals surface area contributed by atoms with Gasteiger partial charge in [0.2, 0.25) is 0 Å². The zero-order valence-corrected chi connectivity index (χ0v) is 21.5. The van der Waals surface area contributed by atoms with Gasteiger partial charge >= 0.3 is 0 Å². The lowest BCUT2D eigenvalue weighted by Gasteiger charge is -2.19. The number of amides is 1. The van der Waals surface area contributed by atoms with Gasteiger partial charge in [-0.15, -0.1) is 0 Å². The Hall–Kier alpha value is -2.71. The monoisotopic (exact) mass is 530 g/mol. The second-order valence-corrected chi connectivity index (χ2v) is 9.19. The van der Waals surface area contributed by atoms with Gasteiger partial charge < -0.3 is 23.8 Å². The van der Waals surface area contributed by atoms with E-state index in [1.165, 1.54) is 12.8 Å². The van der Waals surface area contributed by atoms with E-state index in [0.29, 0.717) is 36.1 Å². The number of halogens is 1. The first kappa shape index (κ1) is 24.4. The first-order valence-electron chi connectivity index (χ1n) is 11.5. The smallest absolute Gasteiger partial charge is 0.251 e. The topological polar surface area (TPSA) is 60.5 Å². The van der Waals surface area contributed by atoms with E-state index >= 15 is 0 Å². The molecule has 34 heavy (non-hydrogen) atoms. The van der Waals surface area contributed by atoms with E-state index in [-0.39, 0.29) is 5.91 Å². The summed E-state index contributed by atoms with van der Waals surface area (Å²) < 4.78 is 23.2. The van der Waals surface area contributed by atoms with E-state index in [2.05, 4.69) is 20.8 Å². The van der Waals surface area contributed by atoms with Crippen LogP contribution in [0.4, 0.5) is 5.69 Å². The Morgan fingerprint density at radius 3 is 2.32 bits per heavy atom. The van der Waals surface area contributed by atoms with Crippen LogP contribution in [-0.4, -0.2) is 64.9 Å². The number of nitrogens with zero attached hydrogens (tertiary/aromatic N) is 2. The van der Waals surface area contributed by atoms with Crippen LogP contribution in [0.15, 0.2) is 34.8 Å². The Morgan fingerprint density at radius 2 is 1.62 bits per heavy atom. The van der Waals surface area contributed by atoms with E-state index in [1.807, 2.05) is 24.3 Å². The highest BCUT2D eigenvalue weighted by Gasteiger charge is 2.26. The van der Waals surface area contributed by atoms with Crippen LogP contribution >= 0.6 is 15.9 Å². The maximum absolute atomic E-state index is 13.1. The minimum atomic E-state index is -0.0892. The van der Waals surface area contributed by atoms with Crippen LogP contribution in [0, 0.1) is 0 Å². The number of likely N-dealkylation sites (tertiary alicyclic amines) is 1. The van der Waals surface area contributed by atoms with Crippen molar-refractivity contribution < 1.29 is 23.7 Å². The van der Waals surface area contributed by atoms with Crippen LogP contribution in [0.25, 0.3) is 6.08 Å². The number of carbonyl (C=O) groups excluding carboxylic acids is 1. The maximum atomic E-state index is 13.1. The number of hydrogen-bond acceptors (Lipinski definition) is 6. The highest BCUT2D eigenvalue weighted by Crippen LogP contribution is 2.39. The van der Waals surface area contributed by atoms with Crippen molar-refractivity contribution in [3.05, 3.63) is 45.9 Å². The van der Waals surface area contributed by atoms with Crippen molar-refractivity contribution in [3.63, 3.8) is 0 Å².